The van der Waals surface area contributed by atoms with E-state index in [4.69, 9.17) is 9.15 Å². The summed E-state index contributed by atoms with van der Waals surface area (Å²) >= 11 is 0. The monoisotopic (exact) mass is 319 g/mol. The molecule has 3 rings (SSSR count). The number of benzene rings is 1. The maximum atomic E-state index is 12.0. The summed E-state index contributed by atoms with van der Waals surface area (Å²) in [5.41, 5.74) is 1.02. The van der Waals surface area contributed by atoms with Crippen LogP contribution in [0.5, 0.6) is 0 Å². The Morgan fingerprint density at radius 2 is 2.09 bits per heavy atom. The lowest BCUT2D eigenvalue weighted by atomic mass is 10.3. The molecule has 2 amide bonds. The zero-order valence-electron chi connectivity index (χ0n) is 12.5. The number of nitrogens with one attached hydrogen (secondary N) is 1. The quantitative estimate of drug-likeness (QED) is 0.869. The van der Waals surface area contributed by atoms with Crippen LogP contribution in [0.15, 0.2) is 33.5 Å². The highest BCUT2D eigenvalue weighted by atomic mass is 16.6. The number of amides is 2. The molecule has 1 aromatic heterocycles. The molecular weight excluding hydrogens is 302 g/mol. The highest BCUT2D eigenvalue weighted by Gasteiger charge is 2.19. The summed E-state index contributed by atoms with van der Waals surface area (Å²) in [6.45, 7) is 1.63. The molecule has 0 radical (unpaired) electrons. The van der Waals surface area contributed by atoms with Gasteiger partial charge in [0.05, 0.1) is 12.1 Å². The van der Waals surface area contributed by atoms with Gasteiger partial charge in [-0.15, -0.1) is 0 Å². The molecule has 23 heavy (non-hydrogen) atoms. The highest BCUT2D eigenvalue weighted by Crippen LogP contribution is 2.11. The SMILES string of the molecule is O=C(Cn1c(=O)oc2ccccc21)NCCN1CCCOC1=O. The molecule has 0 saturated carbocycles. The molecule has 0 aliphatic carbocycles. The van der Waals surface area contributed by atoms with Gasteiger partial charge >= 0.3 is 11.8 Å². The minimum absolute atomic E-state index is 0.125. The van der Waals surface area contributed by atoms with Crippen LogP contribution in [0.1, 0.15) is 6.42 Å². The highest BCUT2D eigenvalue weighted by molar-refractivity contribution is 5.79. The molecule has 1 saturated heterocycles. The second-order valence-electron chi connectivity index (χ2n) is 5.23. The second-order valence-corrected chi connectivity index (χ2v) is 5.23. The predicted molar refractivity (Wildman–Crippen MR) is 81.0 cm³/mol. The van der Waals surface area contributed by atoms with E-state index in [1.54, 1.807) is 29.2 Å². The van der Waals surface area contributed by atoms with Crippen LogP contribution in [-0.4, -0.2) is 47.7 Å². The van der Waals surface area contributed by atoms with E-state index in [2.05, 4.69) is 5.32 Å². The van der Waals surface area contributed by atoms with Gasteiger partial charge in [-0.1, -0.05) is 12.1 Å². The molecule has 2 heterocycles. The van der Waals surface area contributed by atoms with E-state index in [-0.39, 0.29) is 18.5 Å². The molecule has 1 aliphatic rings. The fraction of sp³-hybridized carbons (Fsp3) is 0.400. The number of carbonyl (C=O) groups is 2. The largest absolute Gasteiger partial charge is 0.449 e. The van der Waals surface area contributed by atoms with Gasteiger partial charge in [-0.05, 0) is 18.6 Å². The molecule has 1 fully saturated rings. The lowest BCUT2D eigenvalue weighted by molar-refractivity contribution is -0.121. The molecule has 1 aromatic carbocycles. The van der Waals surface area contributed by atoms with Crippen molar-refractivity contribution in [2.75, 3.05) is 26.2 Å². The fourth-order valence-electron chi connectivity index (χ4n) is 2.49. The standard InChI is InChI=1S/C15H17N3O5/c19-13(16-6-8-17-7-3-9-22-14(17)20)10-18-11-4-1-2-5-12(11)23-15(18)21/h1-2,4-5H,3,6-10H2,(H,16,19). The van der Waals surface area contributed by atoms with Crippen molar-refractivity contribution in [2.24, 2.45) is 0 Å². The van der Waals surface area contributed by atoms with Gasteiger partial charge in [-0.2, -0.15) is 0 Å². The summed E-state index contributed by atoms with van der Waals surface area (Å²) in [7, 11) is 0. The predicted octanol–water partition coefficient (Wildman–Crippen LogP) is 0.553. The zero-order valence-corrected chi connectivity index (χ0v) is 12.5. The molecule has 0 bridgehead atoms. The van der Waals surface area contributed by atoms with Crippen LogP contribution < -0.4 is 11.1 Å². The Bertz CT molecular complexity index is 779. The van der Waals surface area contributed by atoms with E-state index in [1.165, 1.54) is 4.57 Å². The number of hydrogen-bond donors (Lipinski definition) is 1. The van der Waals surface area contributed by atoms with Crippen LogP contribution >= 0.6 is 0 Å². The third kappa shape index (κ3) is 3.36. The van der Waals surface area contributed by atoms with Gasteiger partial charge in [0.25, 0.3) is 0 Å². The zero-order chi connectivity index (χ0) is 16.2. The average Bonchev–Trinajstić information content (AvgIpc) is 2.85. The average molecular weight is 319 g/mol. The number of rotatable bonds is 5. The summed E-state index contributed by atoms with van der Waals surface area (Å²) in [6.07, 6.45) is 0.429. The lowest BCUT2D eigenvalue weighted by Gasteiger charge is -2.26. The van der Waals surface area contributed by atoms with E-state index in [9.17, 15) is 14.4 Å². The number of ether oxygens (including phenoxy) is 1. The van der Waals surface area contributed by atoms with Gasteiger partial charge in [0.2, 0.25) is 5.91 Å². The summed E-state index contributed by atoms with van der Waals surface area (Å²) in [5.74, 6) is -0.884. The minimum atomic E-state index is -0.569. The summed E-state index contributed by atoms with van der Waals surface area (Å²) < 4.78 is 11.3. The smallest absolute Gasteiger partial charge is 0.420 e. The van der Waals surface area contributed by atoms with Gasteiger partial charge in [-0.3, -0.25) is 9.36 Å². The van der Waals surface area contributed by atoms with Crippen LogP contribution in [0, 0.1) is 0 Å². The first kappa shape index (κ1) is 15.1. The van der Waals surface area contributed by atoms with Crippen molar-refractivity contribution in [2.45, 2.75) is 13.0 Å². The van der Waals surface area contributed by atoms with E-state index in [0.717, 1.165) is 6.42 Å². The van der Waals surface area contributed by atoms with Gasteiger partial charge in [0, 0.05) is 19.6 Å². The number of nitrogens with zero attached hydrogens (tertiary/aromatic N) is 2. The molecule has 0 atom stereocenters. The Balaban J connectivity index is 1.55. The Kier molecular flexibility index (Phi) is 4.31. The topological polar surface area (TPSA) is 93.8 Å². The number of aromatic nitrogens is 1. The summed E-state index contributed by atoms with van der Waals surface area (Å²) in [4.78, 5) is 36.8. The van der Waals surface area contributed by atoms with Crippen molar-refractivity contribution in [3.05, 3.63) is 34.8 Å². The molecule has 2 aromatic rings. The van der Waals surface area contributed by atoms with E-state index >= 15 is 0 Å². The third-order valence-corrected chi connectivity index (χ3v) is 3.64. The van der Waals surface area contributed by atoms with Gasteiger partial charge in [-0.25, -0.2) is 9.59 Å². The lowest BCUT2D eigenvalue weighted by Crippen LogP contribution is -2.43. The number of oxazole rings is 1. The fourth-order valence-corrected chi connectivity index (χ4v) is 2.49. The van der Waals surface area contributed by atoms with Gasteiger partial charge in [0.15, 0.2) is 5.58 Å². The van der Waals surface area contributed by atoms with Gasteiger partial charge in [0.1, 0.15) is 6.54 Å². The molecule has 1 N–H and O–H groups in total. The first-order valence-electron chi connectivity index (χ1n) is 7.42. The molecule has 8 nitrogen and oxygen atoms in total. The van der Waals surface area contributed by atoms with E-state index < -0.39 is 5.76 Å². The van der Waals surface area contributed by atoms with Crippen LogP contribution in [0.25, 0.3) is 11.1 Å². The van der Waals surface area contributed by atoms with E-state index in [0.29, 0.717) is 37.3 Å². The Morgan fingerprint density at radius 1 is 1.26 bits per heavy atom. The van der Waals surface area contributed by atoms with E-state index in [1.807, 2.05) is 0 Å². The molecular formula is C15H17N3O5. The number of para-hydroxylation sites is 2. The number of carbonyl (C=O) groups excluding carboxylic acids is 2. The normalized spacial score (nSPS) is 14.8. The van der Waals surface area contributed by atoms with Crippen molar-refractivity contribution in [3.8, 4) is 0 Å². The van der Waals surface area contributed by atoms with Crippen molar-refractivity contribution in [1.82, 2.24) is 14.8 Å². The maximum Gasteiger partial charge on any atom is 0.420 e. The first-order valence-corrected chi connectivity index (χ1v) is 7.42. The minimum Gasteiger partial charge on any atom is -0.449 e. The Morgan fingerprint density at radius 3 is 2.91 bits per heavy atom. The van der Waals surface area contributed by atoms with Gasteiger partial charge < -0.3 is 19.4 Å². The maximum absolute atomic E-state index is 12.0. The molecule has 8 heteroatoms. The summed E-state index contributed by atoms with van der Waals surface area (Å²) in [5, 5.41) is 2.69. The van der Waals surface area contributed by atoms with Crippen LogP contribution in [0.3, 0.4) is 0 Å². The van der Waals surface area contributed by atoms with Crippen molar-refractivity contribution in [3.63, 3.8) is 0 Å². The second kappa shape index (κ2) is 6.55. The van der Waals surface area contributed by atoms with Crippen LogP contribution in [-0.2, 0) is 16.1 Å². The third-order valence-electron chi connectivity index (χ3n) is 3.64. The van der Waals surface area contributed by atoms with Crippen LogP contribution in [0.4, 0.5) is 4.79 Å². The van der Waals surface area contributed by atoms with Crippen LogP contribution in [0.2, 0.25) is 0 Å². The number of fused-ring (bicyclic) bond motifs is 1. The Labute approximate surface area is 131 Å². The molecule has 0 spiro atoms. The molecule has 0 unspecified atom stereocenters. The first-order chi connectivity index (χ1) is 11.1. The number of hydrogen-bond acceptors (Lipinski definition) is 5. The van der Waals surface area contributed by atoms with Crippen molar-refractivity contribution >= 4 is 23.1 Å². The summed E-state index contributed by atoms with van der Waals surface area (Å²) in [6, 6.07) is 6.92. The number of cyclic esters (lactones) is 1. The Hall–Kier alpha value is -2.77. The van der Waals surface area contributed by atoms with Crippen molar-refractivity contribution in [1.29, 1.82) is 0 Å². The molecule has 122 valence electrons. The molecule has 1 aliphatic heterocycles. The van der Waals surface area contributed by atoms with Crippen molar-refractivity contribution < 1.29 is 18.7 Å².